The number of hydrogen-bond donors (Lipinski definition) is 2. The Morgan fingerprint density at radius 1 is 1.19 bits per heavy atom. The van der Waals surface area contributed by atoms with E-state index in [1.165, 1.54) is 30.5 Å². The van der Waals surface area contributed by atoms with Crippen molar-refractivity contribution < 1.29 is 36.2 Å². The van der Waals surface area contributed by atoms with Crippen LogP contribution in [0.3, 0.4) is 0 Å². The average Bonchev–Trinajstić information content (AvgIpc) is 3.09. The smallest absolute Gasteiger partial charge is 0.416 e. The lowest BCUT2D eigenvalue weighted by atomic mass is 10.0. The quantitative estimate of drug-likeness (QED) is 0.528. The molecule has 0 amide bonds. The third-order valence-corrected chi connectivity index (χ3v) is 6.29. The molecule has 0 aliphatic heterocycles. The molecule has 0 unspecified atom stereocenters. The lowest BCUT2D eigenvalue weighted by Crippen LogP contribution is -2.12. The number of rotatable bonds is 7. The van der Waals surface area contributed by atoms with Crippen LogP contribution in [0, 0.1) is 6.92 Å². The summed E-state index contributed by atoms with van der Waals surface area (Å²) < 4.78 is 71.8. The molecule has 164 valence electrons. The number of halogens is 3. The van der Waals surface area contributed by atoms with Crippen molar-refractivity contribution in [2.45, 2.75) is 18.0 Å². The number of aromatic nitrogens is 1. The van der Waals surface area contributed by atoms with Gasteiger partial charge in [0.1, 0.15) is 5.75 Å². The van der Waals surface area contributed by atoms with E-state index in [1.54, 1.807) is 6.92 Å². The molecule has 0 aliphatic rings. The van der Waals surface area contributed by atoms with Gasteiger partial charge in [-0.05, 0) is 42.8 Å². The lowest BCUT2D eigenvalue weighted by molar-refractivity contribution is -0.140. The maximum Gasteiger partial charge on any atom is 0.416 e. The summed E-state index contributed by atoms with van der Waals surface area (Å²) in [4.78, 5) is 15.4. The maximum absolute atomic E-state index is 13.1. The fraction of sp³-hybridized carbons (Fsp3) is 0.158. The van der Waals surface area contributed by atoms with E-state index in [-0.39, 0.29) is 26.9 Å². The van der Waals surface area contributed by atoms with Gasteiger partial charge >= 0.3 is 12.1 Å². The number of carbonyl (C=O) groups is 1. The van der Waals surface area contributed by atoms with E-state index < -0.39 is 34.3 Å². The molecule has 2 N–H and O–H groups in total. The van der Waals surface area contributed by atoms with E-state index in [2.05, 4.69) is 9.71 Å². The van der Waals surface area contributed by atoms with E-state index in [0.29, 0.717) is 0 Å². The van der Waals surface area contributed by atoms with E-state index in [1.807, 2.05) is 0 Å². The number of nitrogens with zero attached hydrogens (tertiary/aromatic N) is 1. The molecule has 0 bridgehead atoms. The number of nitrogens with one attached hydrogen (secondary N) is 1. The zero-order valence-corrected chi connectivity index (χ0v) is 17.4. The summed E-state index contributed by atoms with van der Waals surface area (Å²) >= 11 is 1.15. The van der Waals surface area contributed by atoms with Gasteiger partial charge < -0.3 is 9.84 Å². The number of carboxylic acid groups (broad SMARTS) is 1. The Bertz CT molecular complexity index is 1210. The van der Waals surface area contributed by atoms with E-state index in [4.69, 9.17) is 9.84 Å². The topological polar surface area (TPSA) is 106 Å². The van der Waals surface area contributed by atoms with Crippen LogP contribution in [-0.4, -0.2) is 31.1 Å². The molecule has 0 aliphatic carbocycles. The lowest BCUT2D eigenvalue weighted by Gasteiger charge is -2.14. The SMILES string of the molecule is Cc1cnc(NS(=O)(=O)c2ccc(-c3cc(C(F)(F)F)ccc3OCC(=O)O)cc2)s1. The fourth-order valence-electron chi connectivity index (χ4n) is 2.59. The van der Waals surface area contributed by atoms with Crippen LogP contribution in [0.5, 0.6) is 5.75 Å². The molecule has 0 atom stereocenters. The van der Waals surface area contributed by atoms with Crippen LogP contribution in [0.1, 0.15) is 10.4 Å². The third kappa shape index (κ3) is 5.52. The molecule has 31 heavy (non-hydrogen) atoms. The Balaban J connectivity index is 1.95. The summed E-state index contributed by atoms with van der Waals surface area (Å²) in [7, 11) is -3.95. The van der Waals surface area contributed by atoms with Crippen molar-refractivity contribution in [3.05, 3.63) is 59.1 Å². The summed E-state index contributed by atoms with van der Waals surface area (Å²) in [5, 5.41) is 8.97. The van der Waals surface area contributed by atoms with Gasteiger partial charge in [-0.2, -0.15) is 13.2 Å². The Morgan fingerprint density at radius 3 is 2.42 bits per heavy atom. The standard InChI is InChI=1S/C19H15F3N2O5S2/c1-11-9-23-18(30-11)24-31(27,28)14-5-2-12(3-6-14)15-8-13(19(20,21)22)4-7-16(15)29-10-17(25)26/h2-9H,10H2,1H3,(H,23,24)(H,25,26). The Kier molecular flexibility index (Phi) is 6.23. The van der Waals surface area contributed by atoms with Gasteiger partial charge in [0, 0.05) is 16.6 Å². The monoisotopic (exact) mass is 472 g/mol. The highest BCUT2D eigenvalue weighted by Gasteiger charge is 2.31. The highest BCUT2D eigenvalue weighted by Crippen LogP contribution is 2.37. The van der Waals surface area contributed by atoms with Gasteiger partial charge in [0.05, 0.1) is 10.5 Å². The summed E-state index contributed by atoms with van der Waals surface area (Å²) in [6.45, 7) is 1.02. The molecule has 0 saturated carbocycles. The van der Waals surface area contributed by atoms with Gasteiger partial charge in [0.25, 0.3) is 10.0 Å². The van der Waals surface area contributed by atoms with Crippen molar-refractivity contribution in [2.75, 3.05) is 11.3 Å². The van der Waals surface area contributed by atoms with Crippen molar-refractivity contribution >= 4 is 32.5 Å². The van der Waals surface area contributed by atoms with Crippen molar-refractivity contribution in [3.63, 3.8) is 0 Å². The molecule has 1 aromatic heterocycles. The molecule has 3 rings (SSSR count). The first-order valence-corrected chi connectivity index (χ1v) is 10.9. The maximum atomic E-state index is 13.1. The van der Waals surface area contributed by atoms with Crippen molar-refractivity contribution in [3.8, 4) is 16.9 Å². The molecule has 3 aromatic rings. The van der Waals surface area contributed by atoms with Crippen molar-refractivity contribution in [1.82, 2.24) is 4.98 Å². The van der Waals surface area contributed by atoms with Gasteiger partial charge in [-0.15, -0.1) is 11.3 Å². The molecular weight excluding hydrogens is 457 g/mol. The number of anilines is 1. The number of thiazole rings is 1. The number of benzene rings is 2. The first kappa shape index (κ1) is 22.6. The van der Waals surface area contributed by atoms with Crippen LogP contribution in [0.4, 0.5) is 18.3 Å². The highest BCUT2D eigenvalue weighted by atomic mass is 32.2. The highest BCUT2D eigenvalue weighted by molar-refractivity contribution is 7.93. The number of hydrogen-bond acceptors (Lipinski definition) is 6. The first-order chi connectivity index (χ1) is 14.5. The second-order valence-corrected chi connectivity index (χ2v) is 9.21. The zero-order valence-electron chi connectivity index (χ0n) is 15.8. The van der Waals surface area contributed by atoms with Crippen molar-refractivity contribution in [1.29, 1.82) is 0 Å². The van der Waals surface area contributed by atoms with Gasteiger partial charge in [-0.25, -0.2) is 18.2 Å². The molecule has 0 spiro atoms. The predicted octanol–water partition coefficient (Wildman–Crippen LogP) is 4.40. The van der Waals surface area contributed by atoms with Crippen LogP contribution in [0.25, 0.3) is 11.1 Å². The summed E-state index contributed by atoms with van der Waals surface area (Å²) in [5.74, 6) is -1.38. The number of aryl methyl sites for hydroxylation is 1. The Labute approximate surface area is 179 Å². The molecule has 0 radical (unpaired) electrons. The van der Waals surface area contributed by atoms with E-state index in [0.717, 1.165) is 34.4 Å². The van der Waals surface area contributed by atoms with Crippen LogP contribution in [0.15, 0.2) is 53.6 Å². The number of alkyl halides is 3. The number of carboxylic acids is 1. The van der Waals surface area contributed by atoms with Crippen LogP contribution in [0.2, 0.25) is 0 Å². The normalized spacial score (nSPS) is 11.9. The van der Waals surface area contributed by atoms with Crippen LogP contribution < -0.4 is 9.46 Å². The molecule has 2 aromatic carbocycles. The fourth-order valence-corrected chi connectivity index (χ4v) is 4.49. The van der Waals surface area contributed by atoms with Gasteiger partial charge in [-0.3, -0.25) is 4.72 Å². The second kappa shape index (κ2) is 8.55. The number of ether oxygens (including phenoxy) is 1. The molecule has 7 nitrogen and oxygen atoms in total. The van der Waals surface area contributed by atoms with Gasteiger partial charge in [-0.1, -0.05) is 12.1 Å². The summed E-state index contributed by atoms with van der Waals surface area (Å²) in [6.07, 6.45) is -3.11. The predicted molar refractivity (Wildman–Crippen MR) is 108 cm³/mol. The number of aliphatic carboxylic acids is 1. The minimum atomic E-state index is -4.63. The molecule has 0 saturated heterocycles. The molecule has 12 heteroatoms. The average molecular weight is 472 g/mol. The minimum Gasteiger partial charge on any atom is -0.481 e. The van der Waals surface area contributed by atoms with Crippen molar-refractivity contribution in [2.24, 2.45) is 0 Å². The number of sulfonamides is 1. The second-order valence-electron chi connectivity index (χ2n) is 6.30. The summed E-state index contributed by atoms with van der Waals surface area (Å²) in [6, 6.07) is 7.68. The molecule has 1 heterocycles. The van der Waals surface area contributed by atoms with Crippen LogP contribution in [-0.2, 0) is 21.0 Å². The van der Waals surface area contributed by atoms with E-state index >= 15 is 0 Å². The van der Waals surface area contributed by atoms with Crippen LogP contribution >= 0.6 is 11.3 Å². The third-order valence-electron chi connectivity index (χ3n) is 3.98. The van der Waals surface area contributed by atoms with Gasteiger partial charge in [0.2, 0.25) is 0 Å². The summed E-state index contributed by atoms with van der Waals surface area (Å²) in [5.41, 5.74) is -0.762. The molecular formula is C19H15F3N2O5S2. The van der Waals surface area contributed by atoms with E-state index in [9.17, 15) is 26.4 Å². The minimum absolute atomic E-state index is 0.0245. The first-order valence-electron chi connectivity index (χ1n) is 8.57. The Morgan fingerprint density at radius 2 is 1.87 bits per heavy atom. The molecule has 0 fully saturated rings. The largest absolute Gasteiger partial charge is 0.481 e. The zero-order chi connectivity index (χ0) is 22.8. The van der Waals surface area contributed by atoms with Gasteiger partial charge in [0.15, 0.2) is 11.7 Å². The Hall–Kier alpha value is -3.12.